The van der Waals surface area contributed by atoms with Crippen LogP contribution in [0.25, 0.3) is 0 Å². The third kappa shape index (κ3) is 5.56. The lowest BCUT2D eigenvalue weighted by Gasteiger charge is -2.37. The van der Waals surface area contributed by atoms with Crippen LogP contribution in [0.5, 0.6) is 5.75 Å². The average molecular weight is 418 g/mol. The minimum Gasteiger partial charge on any atom is -0.491 e. The van der Waals surface area contributed by atoms with Crippen LogP contribution in [0, 0.1) is 5.82 Å². The average Bonchev–Trinajstić information content (AvgIpc) is 2.69. The van der Waals surface area contributed by atoms with E-state index in [1.165, 1.54) is 11.0 Å². The Morgan fingerprint density at radius 3 is 2.70 bits per heavy atom. The van der Waals surface area contributed by atoms with E-state index < -0.39 is 23.6 Å². The number of carbonyl (C=O) groups is 1. The van der Waals surface area contributed by atoms with Gasteiger partial charge in [0.2, 0.25) is 5.95 Å². The molecule has 2 aromatic rings. The molecule has 0 saturated carbocycles. The molecule has 1 atom stereocenters. The van der Waals surface area contributed by atoms with E-state index in [9.17, 15) is 9.18 Å². The summed E-state index contributed by atoms with van der Waals surface area (Å²) < 4.78 is 31.2. The summed E-state index contributed by atoms with van der Waals surface area (Å²) in [5.41, 5.74) is 0.212. The number of nitrogens with zero attached hydrogens (tertiary/aromatic N) is 3. The van der Waals surface area contributed by atoms with Crippen molar-refractivity contribution in [2.45, 2.75) is 39.3 Å². The van der Waals surface area contributed by atoms with Crippen LogP contribution >= 0.6 is 0 Å². The first-order valence-corrected chi connectivity index (χ1v) is 9.85. The standard InChI is InChI=1S/C21H27FN4O4/c1-5-29-15-11-23-19(24-12-15)25-14-6-7-16(17(22)10-14)18-13-28-9-8-26(18)20(27)30-21(2,3)4/h6-7,10-12,18H,5,8-9,13H2,1-4H3,(H,23,24,25). The summed E-state index contributed by atoms with van der Waals surface area (Å²) in [7, 11) is 0. The van der Waals surface area contributed by atoms with Crippen LogP contribution in [0.1, 0.15) is 39.3 Å². The Morgan fingerprint density at radius 1 is 1.33 bits per heavy atom. The zero-order valence-electron chi connectivity index (χ0n) is 17.6. The van der Waals surface area contributed by atoms with Gasteiger partial charge in [0.15, 0.2) is 5.75 Å². The minimum atomic E-state index is -0.635. The number of halogens is 1. The number of hydrogen-bond acceptors (Lipinski definition) is 7. The molecule has 30 heavy (non-hydrogen) atoms. The van der Waals surface area contributed by atoms with Gasteiger partial charge in [-0.3, -0.25) is 4.90 Å². The Hall–Kier alpha value is -2.94. The largest absolute Gasteiger partial charge is 0.491 e. The lowest BCUT2D eigenvalue weighted by Crippen LogP contribution is -2.46. The number of ether oxygens (including phenoxy) is 3. The molecule has 1 aromatic carbocycles. The Morgan fingerprint density at radius 2 is 2.07 bits per heavy atom. The molecule has 1 aromatic heterocycles. The molecule has 1 amide bonds. The maximum absolute atomic E-state index is 14.9. The lowest BCUT2D eigenvalue weighted by molar-refractivity contribution is -0.0338. The van der Waals surface area contributed by atoms with Crippen molar-refractivity contribution in [3.05, 3.63) is 42.0 Å². The highest BCUT2D eigenvalue weighted by atomic mass is 19.1. The van der Waals surface area contributed by atoms with E-state index in [1.807, 2.05) is 6.92 Å². The van der Waals surface area contributed by atoms with Gasteiger partial charge in [-0.1, -0.05) is 6.07 Å². The summed E-state index contributed by atoms with van der Waals surface area (Å²) >= 11 is 0. The van der Waals surface area contributed by atoms with Gasteiger partial charge in [0, 0.05) is 17.8 Å². The molecule has 1 unspecified atom stereocenters. The second-order valence-electron chi connectivity index (χ2n) is 7.80. The van der Waals surface area contributed by atoms with Crippen LogP contribution in [-0.2, 0) is 9.47 Å². The first-order chi connectivity index (χ1) is 14.3. The molecule has 9 heteroatoms. The summed E-state index contributed by atoms with van der Waals surface area (Å²) in [4.78, 5) is 22.4. The van der Waals surface area contributed by atoms with E-state index in [4.69, 9.17) is 14.2 Å². The lowest BCUT2D eigenvalue weighted by atomic mass is 10.0. The van der Waals surface area contributed by atoms with Crippen molar-refractivity contribution in [2.24, 2.45) is 0 Å². The SMILES string of the molecule is CCOc1cnc(Nc2ccc(C3COCCN3C(=O)OC(C)(C)C)c(F)c2)nc1. The number of anilines is 2. The van der Waals surface area contributed by atoms with E-state index >= 15 is 0 Å². The molecule has 3 rings (SSSR count). The van der Waals surface area contributed by atoms with Gasteiger partial charge in [0.1, 0.15) is 11.4 Å². The topological polar surface area (TPSA) is 85.8 Å². The molecule has 1 aliphatic heterocycles. The third-order valence-corrected chi connectivity index (χ3v) is 4.31. The molecule has 0 spiro atoms. The Bertz CT molecular complexity index is 870. The number of aromatic nitrogens is 2. The van der Waals surface area contributed by atoms with Gasteiger partial charge in [-0.25, -0.2) is 19.2 Å². The number of amides is 1. The van der Waals surface area contributed by atoms with Crippen molar-refractivity contribution in [3.63, 3.8) is 0 Å². The first-order valence-electron chi connectivity index (χ1n) is 9.85. The molecule has 162 valence electrons. The van der Waals surface area contributed by atoms with Crippen LogP contribution in [0.2, 0.25) is 0 Å². The number of benzene rings is 1. The number of rotatable bonds is 5. The zero-order valence-corrected chi connectivity index (χ0v) is 17.6. The predicted molar refractivity (Wildman–Crippen MR) is 109 cm³/mol. The molecule has 0 radical (unpaired) electrons. The van der Waals surface area contributed by atoms with Crippen LogP contribution in [0.4, 0.5) is 20.8 Å². The molecule has 2 heterocycles. The van der Waals surface area contributed by atoms with E-state index in [-0.39, 0.29) is 6.61 Å². The van der Waals surface area contributed by atoms with Crippen LogP contribution < -0.4 is 10.1 Å². The van der Waals surface area contributed by atoms with E-state index in [0.29, 0.717) is 42.7 Å². The highest BCUT2D eigenvalue weighted by Gasteiger charge is 2.33. The van der Waals surface area contributed by atoms with Gasteiger partial charge in [0.05, 0.1) is 38.3 Å². The van der Waals surface area contributed by atoms with Gasteiger partial charge in [0.25, 0.3) is 0 Å². The molecule has 8 nitrogen and oxygen atoms in total. The summed E-state index contributed by atoms with van der Waals surface area (Å²) in [6, 6.07) is 4.12. The molecular formula is C21H27FN4O4. The van der Waals surface area contributed by atoms with Crippen LogP contribution in [0.15, 0.2) is 30.6 Å². The minimum absolute atomic E-state index is 0.199. The molecule has 0 aliphatic carbocycles. The van der Waals surface area contributed by atoms with E-state index in [0.717, 1.165) is 0 Å². The van der Waals surface area contributed by atoms with Crippen LogP contribution in [-0.4, -0.2) is 52.9 Å². The number of morpholine rings is 1. The summed E-state index contributed by atoms with van der Waals surface area (Å²) in [5.74, 6) is 0.418. The second kappa shape index (κ2) is 9.25. The van der Waals surface area contributed by atoms with Crippen molar-refractivity contribution < 1.29 is 23.4 Å². The first kappa shape index (κ1) is 21.8. The van der Waals surface area contributed by atoms with Crippen molar-refractivity contribution in [1.29, 1.82) is 0 Å². The molecule has 1 aliphatic rings. The van der Waals surface area contributed by atoms with Crippen molar-refractivity contribution in [3.8, 4) is 5.75 Å². The maximum Gasteiger partial charge on any atom is 0.410 e. The van der Waals surface area contributed by atoms with Gasteiger partial charge in [-0.15, -0.1) is 0 Å². The third-order valence-electron chi connectivity index (χ3n) is 4.31. The Balaban J connectivity index is 1.75. The van der Waals surface area contributed by atoms with Crippen LogP contribution in [0.3, 0.4) is 0 Å². The number of nitrogens with one attached hydrogen (secondary N) is 1. The highest BCUT2D eigenvalue weighted by molar-refractivity contribution is 5.69. The fourth-order valence-electron chi connectivity index (χ4n) is 3.03. The molecule has 1 fully saturated rings. The Labute approximate surface area is 175 Å². The summed E-state index contributed by atoms with van der Waals surface area (Å²) in [6.07, 6.45) is 2.60. The normalized spacial score (nSPS) is 16.8. The van der Waals surface area contributed by atoms with E-state index in [1.54, 1.807) is 45.3 Å². The second-order valence-corrected chi connectivity index (χ2v) is 7.80. The monoisotopic (exact) mass is 418 g/mol. The van der Waals surface area contributed by atoms with Gasteiger partial charge >= 0.3 is 6.09 Å². The van der Waals surface area contributed by atoms with Gasteiger partial charge in [-0.2, -0.15) is 0 Å². The number of hydrogen-bond donors (Lipinski definition) is 1. The molecular weight excluding hydrogens is 391 g/mol. The van der Waals surface area contributed by atoms with E-state index in [2.05, 4.69) is 15.3 Å². The van der Waals surface area contributed by atoms with Crippen molar-refractivity contribution in [2.75, 3.05) is 31.7 Å². The zero-order chi connectivity index (χ0) is 21.7. The Kier molecular flexibility index (Phi) is 6.71. The molecule has 1 saturated heterocycles. The fourth-order valence-corrected chi connectivity index (χ4v) is 3.03. The summed E-state index contributed by atoms with van der Waals surface area (Å²) in [6.45, 7) is 8.70. The smallest absolute Gasteiger partial charge is 0.410 e. The predicted octanol–water partition coefficient (Wildman–Crippen LogP) is 4.07. The highest BCUT2D eigenvalue weighted by Crippen LogP contribution is 2.30. The van der Waals surface area contributed by atoms with Gasteiger partial charge in [-0.05, 0) is 39.8 Å². The summed E-state index contributed by atoms with van der Waals surface area (Å²) in [5, 5.41) is 2.95. The van der Waals surface area contributed by atoms with Crippen molar-refractivity contribution >= 4 is 17.7 Å². The quantitative estimate of drug-likeness (QED) is 0.783. The maximum atomic E-state index is 14.9. The van der Waals surface area contributed by atoms with Crippen molar-refractivity contribution in [1.82, 2.24) is 14.9 Å². The van der Waals surface area contributed by atoms with Gasteiger partial charge < -0.3 is 19.5 Å². The molecule has 0 bridgehead atoms. The number of carbonyl (C=O) groups excluding carboxylic acids is 1. The fraction of sp³-hybridized carbons (Fsp3) is 0.476. The molecule has 1 N–H and O–H groups in total.